The molecule has 3 aromatic rings. The second-order valence-corrected chi connectivity index (χ2v) is 10.7. The maximum Gasteiger partial charge on any atom is 0.263 e. The van der Waals surface area contributed by atoms with E-state index in [1.807, 2.05) is 19.2 Å². The Morgan fingerprint density at radius 2 is 2.02 bits per heavy atom. The minimum Gasteiger partial charge on any atom is -0.480 e. The van der Waals surface area contributed by atoms with Crippen LogP contribution in [0, 0.1) is 5.82 Å². The molecule has 1 aliphatic carbocycles. The summed E-state index contributed by atoms with van der Waals surface area (Å²) in [5.74, 6) is 1.05. The van der Waals surface area contributed by atoms with E-state index in [1.165, 1.54) is 13.2 Å². The second kappa shape index (κ2) is 10.2. The van der Waals surface area contributed by atoms with Crippen molar-refractivity contribution in [1.29, 1.82) is 0 Å². The summed E-state index contributed by atoms with van der Waals surface area (Å²) >= 11 is 0. The number of amides is 2. The van der Waals surface area contributed by atoms with Crippen molar-refractivity contribution in [3.63, 3.8) is 0 Å². The first-order valence-electron chi connectivity index (χ1n) is 13.4. The van der Waals surface area contributed by atoms with Crippen LogP contribution in [0.4, 0.5) is 16.0 Å². The summed E-state index contributed by atoms with van der Waals surface area (Å²) in [6, 6.07) is 7.07. The van der Waals surface area contributed by atoms with Crippen LogP contribution in [0.15, 0.2) is 30.5 Å². The maximum atomic E-state index is 15.0. The van der Waals surface area contributed by atoms with Crippen LogP contribution in [0.1, 0.15) is 37.7 Å². The number of likely N-dealkylation sites (N-methyl/N-ethyl adjacent to an activating group) is 2. The van der Waals surface area contributed by atoms with Crippen molar-refractivity contribution in [2.75, 3.05) is 44.1 Å². The van der Waals surface area contributed by atoms with Crippen molar-refractivity contribution in [3.05, 3.63) is 41.8 Å². The number of carbonyl (C=O) groups excluding carboxylic acids is 2. The molecular formula is C28H31FN6O5. The van der Waals surface area contributed by atoms with Crippen LogP contribution in [0.25, 0.3) is 11.0 Å². The molecule has 2 saturated heterocycles. The molecule has 6 heterocycles. The molecular weight excluding hydrogens is 519 g/mol. The fourth-order valence-electron chi connectivity index (χ4n) is 5.84. The Kier molecular flexibility index (Phi) is 6.65. The van der Waals surface area contributed by atoms with Gasteiger partial charge in [-0.15, -0.1) is 0 Å². The smallest absolute Gasteiger partial charge is 0.263 e. The van der Waals surface area contributed by atoms with E-state index >= 15 is 4.39 Å². The van der Waals surface area contributed by atoms with E-state index in [0.717, 1.165) is 31.5 Å². The lowest BCUT2D eigenvalue weighted by Gasteiger charge is -2.56. The van der Waals surface area contributed by atoms with E-state index in [0.29, 0.717) is 47.6 Å². The van der Waals surface area contributed by atoms with Crippen LogP contribution in [0.5, 0.6) is 11.6 Å². The third-order valence-electron chi connectivity index (χ3n) is 8.45. The highest BCUT2D eigenvalue weighted by molar-refractivity contribution is 5.94. The number of fused-ring (bicyclic) bond motifs is 5. The van der Waals surface area contributed by atoms with Crippen molar-refractivity contribution >= 4 is 34.5 Å². The van der Waals surface area contributed by atoms with Gasteiger partial charge in [-0.2, -0.15) is 0 Å². The number of hydrogen-bond acceptors (Lipinski definition) is 9. The highest BCUT2D eigenvalue weighted by Gasteiger charge is 2.52. The Morgan fingerprint density at radius 1 is 1.20 bits per heavy atom. The monoisotopic (exact) mass is 550 g/mol. The zero-order valence-electron chi connectivity index (χ0n) is 22.5. The standard InChI is InChI=1S/C28H31FN6O5/c1-30-22(36)14-39-24-6-3-19-25(34-24)17(18(29)13-31-19)7-8-28-11-9-27(10-12-28,16-40-28)35(2)21-5-4-20-26(32-21)33-23(37)15-38-20/h3-6,13H,7-12,14-16H2,1-2H3,(H,30,36)(H,32,33,37). The Morgan fingerprint density at radius 3 is 2.77 bits per heavy atom. The van der Waals surface area contributed by atoms with Gasteiger partial charge in [0.1, 0.15) is 11.6 Å². The van der Waals surface area contributed by atoms with Crippen molar-refractivity contribution in [3.8, 4) is 11.6 Å². The van der Waals surface area contributed by atoms with Gasteiger partial charge in [-0.3, -0.25) is 14.6 Å². The van der Waals surface area contributed by atoms with Gasteiger partial charge in [0.25, 0.3) is 11.8 Å². The van der Waals surface area contributed by atoms with Crippen LogP contribution in [-0.4, -0.2) is 71.8 Å². The van der Waals surface area contributed by atoms with Crippen molar-refractivity contribution in [2.45, 2.75) is 49.7 Å². The molecule has 7 rings (SSSR count). The molecule has 12 heteroatoms. The minimum atomic E-state index is -0.421. The number of nitrogens with zero attached hydrogens (tertiary/aromatic N) is 4. The predicted molar refractivity (Wildman–Crippen MR) is 144 cm³/mol. The summed E-state index contributed by atoms with van der Waals surface area (Å²) in [5.41, 5.74) is 0.907. The van der Waals surface area contributed by atoms with Gasteiger partial charge in [0.05, 0.1) is 35.0 Å². The molecule has 3 aliphatic heterocycles. The Bertz CT molecular complexity index is 1460. The third kappa shape index (κ3) is 4.76. The lowest BCUT2D eigenvalue weighted by atomic mass is 9.68. The summed E-state index contributed by atoms with van der Waals surface area (Å²) in [5, 5.41) is 5.27. The molecule has 0 unspecified atom stereocenters. The molecule has 2 bridgehead atoms. The first-order valence-corrected chi connectivity index (χ1v) is 13.4. The summed E-state index contributed by atoms with van der Waals surface area (Å²) in [6.45, 7) is 0.343. The zero-order valence-corrected chi connectivity index (χ0v) is 22.5. The van der Waals surface area contributed by atoms with E-state index in [1.54, 1.807) is 12.1 Å². The second-order valence-electron chi connectivity index (χ2n) is 10.7. The maximum absolute atomic E-state index is 15.0. The van der Waals surface area contributed by atoms with E-state index in [9.17, 15) is 9.59 Å². The molecule has 2 N–H and O–H groups in total. The molecule has 3 aromatic heterocycles. The normalized spacial score (nSPS) is 23.2. The molecule has 0 radical (unpaired) electrons. The van der Waals surface area contributed by atoms with Crippen molar-refractivity contribution in [1.82, 2.24) is 20.3 Å². The number of aryl methyl sites for hydroxylation is 1. The first kappa shape index (κ1) is 26.2. The molecule has 1 saturated carbocycles. The lowest BCUT2D eigenvalue weighted by Crippen LogP contribution is -2.62. The van der Waals surface area contributed by atoms with E-state index < -0.39 is 5.82 Å². The largest absolute Gasteiger partial charge is 0.480 e. The van der Waals surface area contributed by atoms with E-state index in [2.05, 4.69) is 30.5 Å². The molecule has 4 aliphatic rings. The van der Waals surface area contributed by atoms with Gasteiger partial charge in [0, 0.05) is 25.7 Å². The van der Waals surface area contributed by atoms with Gasteiger partial charge in [-0.1, -0.05) is 0 Å². The fourth-order valence-corrected chi connectivity index (χ4v) is 5.84. The average molecular weight is 551 g/mol. The topological polar surface area (TPSA) is 128 Å². The van der Waals surface area contributed by atoms with E-state index in [4.69, 9.17) is 14.2 Å². The van der Waals surface area contributed by atoms with E-state index in [-0.39, 0.29) is 42.0 Å². The zero-order chi connectivity index (χ0) is 27.9. The summed E-state index contributed by atoms with van der Waals surface area (Å²) < 4.78 is 32.5. The number of rotatable bonds is 8. The van der Waals surface area contributed by atoms with Crippen LogP contribution < -0.4 is 25.0 Å². The number of carbonyl (C=O) groups is 2. The number of nitrogens with one attached hydrogen (secondary N) is 2. The average Bonchev–Trinajstić information content (AvgIpc) is 2.99. The molecule has 40 heavy (non-hydrogen) atoms. The number of hydrogen-bond donors (Lipinski definition) is 2. The Hall–Kier alpha value is -4.06. The number of anilines is 2. The van der Waals surface area contributed by atoms with Gasteiger partial charge >= 0.3 is 0 Å². The SMILES string of the molecule is CNC(=O)COc1ccc2ncc(F)c(CCC34CCC(N(C)c5ccc6c(n5)NC(=O)CO6)(CC3)CO4)c2n1. The highest BCUT2D eigenvalue weighted by atomic mass is 19.1. The first-order chi connectivity index (χ1) is 19.3. The van der Waals surface area contributed by atoms with Gasteiger partial charge in [-0.05, 0) is 56.7 Å². The molecule has 0 aromatic carbocycles. The summed E-state index contributed by atoms with van der Waals surface area (Å²) in [7, 11) is 3.54. The van der Waals surface area contributed by atoms with Gasteiger partial charge in [0.15, 0.2) is 24.8 Å². The predicted octanol–water partition coefficient (Wildman–Crippen LogP) is 2.77. The highest BCUT2D eigenvalue weighted by Crippen LogP contribution is 2.49. The van der Waals surface area contributed by atoms with Gasteiger partial charge in [-0.25, -0.2) is 14.4 Å². The van der Waals surface area contributed by atoms with Crippen molar-refractivity contribution in [2.24, 2.45) is 0 Å². The Labute approximate surface area is 230 Å². The number of pyridine rings is 3. The molecule has 0 atom stereocenters. The quantitative estimate of drug-likeness (QED) is 0.435. The number of aromatic nitrogens is 3. The van der Waals surface area contributed by atoms with Gasteiger partial charge < -0.3 is 29.7 Å². The molecule has 2 amide bonds. The Balaban J connectivity index is 1.15. The van der Waals surface area contributed by atoms with Crippen LogP contribution in [-0.2, 0) is 20.7 Å². The number of ether oxygens (including phenoxy) is 3. The number of halogens is 1. The third-order valence-corrected chi connectivity index (χ3v) is 8.45. The molecule has 3 fully saturated rings. The van der Waals surface area contributed by atoms with Gasteiger partial charge in [0.2, 0.25) is 5.88 Å². The summed E-state index contributed by atoms with van der Waals surface area (Å²) in [4.78, 5) is 38.7. The molecule has 11 nitrogen and oxygen atoms in total. The van der Waals surface area contributed by atoms with Crippen molar-refractivity contribution < 1.29 is 28.2 Å². The van der Waals surface area contributed by atoms with Crippen LogP contribution >= 0.6 is 0 Å². The minimum absolute atomic E-state index is 0.00834. The molecule has 0 spiro atoms. The fraction of sp³-hybridized carbons (Fsp3) is 0.464. The molecule has 210 valence electrons. The summed E-state index contributed by atoms with van der Waals surface area (Å²) in [6.07, 6.45) is 5.78. The van der Waals surface area contributed by atoms with Crippen LogP contribution in [0.3, 0.4) is 0 Å². The van der Waals surface area contributed by atoms with Crippen LogP contribution in [0.2, 0.25) is 0 Å². The lowest BCUT2D eigenvalue weighted by molar-refractivity contribution is -0.156.